The Hall–Kier alpha value is -8.48. The molecule has 6 aromatic heterocycles. The smallest absolute Gasteiger partial charge is 0.238 e. The van der Waals surface area contributed by atoms with Crippen molar-refractivity contribution in [2.45, 2.75) is 0 Å². The van der Waals surface area contributed by atoms with E-state index in [1.807, 2.05) is 12.1 Å². The van der Waals surface area contributed by atoms with E-state index in [4.69, 9.17) is 14.4 Å². The van der Waals surface area contributed by atoms with Crippen molar-refractivity contribution < 1.29 is 4.42 Å². The summed E-state index contributed by atoms with van der Waals surface area (Å²) >= 11 is 0. The molecule has 0 N–H and O–H groups in total. The van der Waals surface area contributed by atoms with Gasteiger partial charge < -0.3 is 13.4 Å². The van der Waals surface area contributed by atoms with Gasteiger partial charge in [-0.25, -0.2) is 4.98 Å². The number of fused-ring (bicyclic) bond motifs is 18. The first-order valence-corrected chi connectivity index (χ1v) is 21.1. The maximum absolute atomic E-state index is 6.74. The van der Waals surface area contributed by atoms with Crippen molar-refractivity contribution in [1.29, 1.82) is 0 Å². The summed E-state index contributed by atoms with van der Waals surface area (Å²) < 4.78 is 13.9. The molecule has 9 aromatic carbocycles. The summed E-state index contributed by atoms with van der Waals surface area (Å²) in [5, 5.41) is 13.9. The van der Waals surface area contributed by atoms with Crippen molar-refractivity contribution in [2.75, 3.05) is 0 Å². The van der Waals surface area contributed by atoms with E-state index in [-0.39, 0.29) is 0 Å². The van der Waals surface area contributed by atoms with Gasteiger partial charge in [-0.15, -0.1) is 0 Å². The number of nitrogens with zero attached hydrogens (tertiary/aromatic N) is 5. The van der Waals surface area contributed by atoms with Crippen LogP contribution in [0.3, 0.4) is 0 Å². The molecule has 0 fully saturated rings. The first-order valence-electron chi connectivity index (χ1n) is 21.1. The van der Waals surface area contributed by atoms with Crippen molar-refractivity contribution in [3.05, 3.63) is 188 Å². The third-order valence-electron chi connectivity index (χ3n) is 13.4. The van der Waals surface area contributed by atoms with Gasteiger partial charge in [0.05, 0.1) is 49.7 Å². The Labute approximate surface area is 352 Å². The number of benzene rings is 9. The predicted molar refractivity (Wildman–Crippen MR) is 256 cm³/mol. The molecule has 15 rings (SSSR count). The van der Waals surface area contributed by atoms with Crippen LogP contribution in [-0.4, -0.2) is 23.5 Å². The maximum Gasteiger partial charge on any atom is 0.238 e. The molecule has 15 aromatic rings. The summed E-state index contributed by atoms with van der Waals surface area (Å²) in [6, 6.07) is 67.5. The molecule has 0 spiro atoms. The third kappa shape index (κ3) is 4.04. The second-order valence-electron chi connectivity index (χ2n) is 16.5. The van der Waals surface area contributed by atoms with E-state index in [2.05, 4.69) is 189 Å². The van der Waals surface area contributed by atoms with Gasteiger partial charge in [-0.3, -0.25) is 4.57 Å². The van der Waals surface area contributed by atoms with Crippen molar-refractivity contribution in [3.63, 3.8) is 0 Å². The molecule has 0 unspecified atom stereocenters. The molecule has 286 valence electrons. The van der Waals surface area contributed by atoms with Crippen LogP contribution in [0.2, 0.25) is 0 Å². The lowest BCUT2D eigenvalue weighted by atomic mass is 10.0. The summed E-state index contributed by atoms with van der Waals surface area (Å²) in [5.41, 5.74) is 12.2. The summed E-state index contributed by atoms with van der Waals surface area (Å²) in [6.07, 6.45) is 0. The first kappa shape index (κ1) is 32.4. The van der Waals surface area contributed by atoms with Crippen molar-refractivity contribution in [3.8, 4) is 22.9 Å². The molecule has 0 amide bonds. The van der Waals surface area contributed by atoms with Crippen molar-refractivity contribution >= 4 is 115 Å². The molecular formula is C56H31N5O. The fraction of sp³-hybridized carbons (Fsp3) is 0. The highest BCUT2D eigenvalue weighted by Crippen LogP contribution is 2.48. The van der Waals surface area contributed by atoms with E-state index < -0.39 is 0 Å². The molecule has 6 heteroatoms. The van der Waals surface area contributed by atoms with Crippen LogP contribution in [0.15, 0.2) is 192 Å². The Morgan fingerprint density at radius 2 is 1.03 bits per heavy atom. The summed E-state index contributed by atoms with van der Waals surface area (Å²) in [4.78, 5) is 11.2. The molecule has 0 aliphatic rings. The number of hydrogen-bond donors (Lipinski definition) is 0. The lowest BCUT2D eigenvalue weighted by molar-refractivity contribution is 0.651. The van der Waals surface area contributed by atoms with Gasteiger partial charge in [0, 0.05) is 59.7 Å². The van der Waals surface area contributed by atoms with Crippen LogP contribution in [0, 0.1) is 0 Å². The van der Waals surface area contributed by atoms with Crippen molar-refractivity contribution in [1.82, 2.24) is 23.5 Å². The fourth-order valence-corrected chi connectivity index (χ4v) is 10.9. The minimum atomic E-state index is 0.553. The predicted octanol–water partition coefficient (Wildman–Crippen LogP) is 14.5. The van der Waals surface area contributed by atoms with Crippen LogP contribution in [0.25, 0.3) is 137 Å². The average Bonchev–Trinajstić information content (AvgIpc) is 4.13. The Morgan fingerprint density at radius 3 is 1.87 bits per heavy atom. The molecule has 6 nitrogen and oxygen atoms in total. The number of furan rings is 1. The number of hydrogen-bond acceptors (Lipinski definition) is 3. The fourth-order valence-electron chi connectivity index (χ4n) is 10.9. The minimum Gasteiger partial charge on any atom is -0.437 e. The molecule has 0 bridgehead atoms. The minimum absolute atomic E-state index is 0.553. The molecule has 0 radical (unpaired) electrons. The highest BCUT2D eigenvalue weighted by atomic mass is 16.3. The molecule has 0 aliphatic carbocycles. The van der Waals surface area contributed by atoms with Gasteiger partial charge in [0.1, 0.15) is 5.58 Å². The van der Waals surface area contributed by atoms with Crippen LogP contribution in [0.4, 0.5) is 0 Å². The van der Waals surface area contributed by atoms with Gasteiger partial charge in [-0.2, -0.15) is 4.98 Å². The van der Waals surface area contributed by atoms with Crippen molar-refractivity contribution in [2.24, 2.45) is 0 Å². The standard InChI is InChI=1S/C56H31N5O/c1-2-15-34(16-3-1)59-43-22-10-6-18-36(43)38-28-26-33(30-47(38)59)52-50-40-21-9-13-25-48(40)62-55(50)58-56(57-52)61-46-29-27-32-14-4-5-17-35(32)49(46)42-31-41-37-19-7-11-23-44(37)60-45-24-12-8-20-39(45)51(53(41)60)54(42)61/h1-31H. The Balaban J connectivity index is 1.13. The van der Waals surface area contributed by atoms with E-state index in [9.17, 15) is 0 Å². The summed E-state index contributed by atoms with van der Waals surface area (Å²) in [6.45, 7) is 0. The zero-order chi connectivity index (χ0) is 40.2. The largest absolute Gasteiger partial charge is 0.437 e. The molecular weight excluding hydrogens is 759 g/mol. The summed E-state index contributed by atoms with van der Waals surface area (Å²) in [5.74, 6) is 0.563. The zero-order valence-corrected chi connectivity index (χ0v) is 33.0. The monoisotopic (exact) mass is 789 g/mol. The molecule has 0 saturated heterocycles. The second-order valence-corrected chi connectivity index (χ2v) is 16.5. The number of aromatic nitrogens is 5. The quantitative estimate of drug-likeness (QED) is 0.179. The van der Waals surface area contributed by atoms with Gasteiger partial charge in [0.25, 0.3) is 0 Å². The van der Waals surface area contributed by atoms with Gasteiger partial charge >= 0.3 is 0 Å². The molecule has 0 aliphatic heterocycles. The average molecular weight is 790 g/mol. The van der Waals surface area contributed by atoms with Gasteiger partial charge in [-0.1, -0.05) is 133 Å². The molecule has 0 saturated carbocycles. The number of para-hydroxylation sites is 5. The highest BCUT2D eigenvalue weighted by Gasteiger charge is 2.27. The van der Waals surface area contributed by atoms with Crippen LogP contribution in [0.5, 0.6) is 0 Å². The lowest BCUT2D eigenvalue weighted by Gasteiger charge is -2.12. The van der Waals surface area contributed by atoms with E-state index >= 15 is 0 Å². The van der Waals surface area contributed by atoms with Crippen LogP contribution in [0.1, 0.15) is 0 Å². The van der Waals surface area contributed by atoms with Gasteiger partial charge in [0.2, 0.25) is 11.7 Å². The van der Waals surface area contributed by atoms with E-state index in [1.54, 1.807) is 0 Å². The SMILES string of the molecule is c1ccc(-n2c3ccccc3c3ccc(-c4nc(-n5c6ccc7ccccc7c6c6cc7c8ccccc8n8c9ccccc9c(c65)c78)nc5oc6ccccc6c45)cc32)cc1. The zero-order valence-electron chi connectivity index (χ0n) is 33.0. The Kier molecular flexibility index (Phi) is 6.07. The van der Waals surface area contributed by atoms with Crippen LogP contribution < -0.4 is 0 Å². The lowest BCUT2D eigenvalue weighted by Crippen LogP contribution is -2.03. The van der Waals surface area contributed by atoms with Gasteiger partial charge in [-0.05, 0) is 65.4 Å². The van der Waals surface area contributed by atoms with E-state index in [0.717, 1.165) is 55.4 Å². The van der Waals surface area contributed by atoms with E-state index in [1.165, 1.54) is 70.4 Å². The van der Waals surface area contributed by atoms with E-state index in [0.29, 0.717) is 11.7 Å². The Bertz CT molecular complexity index is 4390. The summed E-state index contributed by atoms with van der Waals surface area (Å²) in [7, 11) is 0. The van der Waals surface area contributed by atoms with Gasteiger partial charge in [0.15, 0.2) is 0 Å². The Morgan fingerprint density at radius 1 is 0.371 bits per heavy atom. The topological polar surface area (TPSA) is 53.2 Å². The third-order valence-corrected chi connectivity index (χ3v) is 13.4. The van der Waals surface area contributed by atoms with Crippen LogP contribution >= 0.6 is 0 Å². The molecule has 0 atom stereocenters. The normalized spacial score (nSPS) is 12.5. The highest BCUT2D eigenvalue weighted by molar-refractivity contribution is 6.36. The molecule has 6 heterocycles. The maximum atomic E-state index is 6.74. The first-order chi connectivity index (χ1) is 30.8. The number of rotatable bonds is 3. The molecule has 62 heavy (non-hydrogen) atoms. The second kappa shape index (κ2) is 11.6. The van der Waals surface area contributed by atoms with Crippen LogP contribution in [-0.2, 0) is 0 Å².